The Balaban J connectivity index is 3.58. The van der Waals surface area contributed by atoms with Crippen LogP contribution in [-0.2, 0) is 9.53 Å². The fourth-order valence-electron chi connectivity index (χ4n) is 1.60. The molecule has 0 aliphatic rings. The van der Waals surface area contributed by atoms with E-state index in [1.54, 1.807) is 0 Å². The Bertz CT molecular complexity index is 204. The number of carbonyl (C=O) groups excluding carboxylic acids is 1. The van der Waals surface area contributed by atoms with E-state index in [-0.39, 0.29) is 5.97 Å². The van der Waals surface area contributed by atoms with Gasteiger partial charge in [-0.15, -0.1) is 0 Å². The first kappa shape index (κ1) is 17.2. The number of hydrogen-bond donors (Lipinski definition) is 0. The molecule has 3 heteroatoms. The standard InChI is InChI=1S/C14H27IO2/c1-11(2)6-5-7-12(3)8-14(16)17-10-13(4)9-15/h11-13H,5-10H2,1-4H3/t12?,13-/m0/s1. The third kappa shape index (κ3) is 11.0. The molecule has 0 amide bonds. The van der Waals surface area contributed by atoms with Gasteiger partial charge >= 0.3 is 5.97 Å². The molecule has 0 aliphatic heterocycles. The number of alkyl halides is 1. The molecule has 1 unspecified atom stereocenters. The van der Waals surface area contributed by atoms with Gasteiger partial charge in [0.05, 0.1) is 6.61 Å². The molecule has 0 fully saturated rings. The van der Waals surface area contributed by atoms with E-state index in [1.807, 2.05) is 0 Å². The molecule has 102 valence electrons. The SMILES string of the molecule is CC(C)CCCC(C)CC(=O)OC[C@@H](C)CI. The average Bonchev–Trinajstić information content (AvgIpc) is 2.25. The Labute approximate surface area is 120 Å². The van der Waals surface area contributed by atoms with Crippen molar-refractivity contribution in [3.05, 3.63) is 0 Å². The highest BCUT2D eigenvalue weighted by Crippen LogP contribution is 2.16. The Morgan fingerprint density at radius 2 is 1.76 bits per heavy atom. The van der Waals surface area contributed by atoms with E-state index >= 15 is 0 Å². The molecular weight excluding hydrogens is 327 g/mol. The van der Waals surface area contributed by atoms with Crippen molar-refractivity contribution in [1.82, 2.24) is 0 Å². The van der Waals surface area contributed by atoms with Gasteiger partial charge in [0.2, 0.25) is 0 Å². The lowest BCUT2D eigenvalue weighted by molar-refractivity contribution is -0.145. The Kier molecular flexibility index (Phi) is 10.3. The fraction of sp³-hybridized carbons (Fsp3) is 0.929. The average molecular weight is 354 g/mol. The zero-order chi connectivity index (χ0) is 13.3. The second-order valence-corrected chi connectivity index (χ2v) is 6.46. The molecule has 0 aliphatic carbocycles. The molecule has 0 saturated carbocycles. The molecule has 0 spiro atoms. The first-order valence-electron chi connectivity index (χ1n) is 6.67. The third-order valence-corrected chi connectivity index (χ3v) is 4.29. The van der Waals surface area contributed by atoms with Crippen molar-refractivity contribution in [3.63, 3.8) is 0 Å². The van der Waals surface area contributed by atoms with Crippen LogP contribution in [-0.4, -0.2) is 17.0 Å². The van der Waals surface area contributed by atoms with Crippen molar-refractivity contribution in [2.45, 2.75) is 53.4 Å². The van der Waals surface area contributed by atoms with Crippen molar-refractivity contribution in [3.8, 4) is 0 Å². The maximum Gasteiger partial charge on any atom is 0.306 e. The second-order valence-electron chi connectivity index (χ2n) is 5.58. The Hall–Kier alpha value is 0.200. The number of hydrogen-bond acceptors (Lipinski definition) is 2. The summed E-state index contributed by atoms with van der Waals surface area (Å²) in [6.07, 6.45) is 4.18. The zero-order valence-electron chi connectivity index (χ0n) is 11.7. The molecule has 0 aromatic carbocycles. The maximum atomic E-state index is 11.5. The van der Waals surface area contributed by atoms with Gasteiger partial charge in [-0.2, -0.15) is 0 Å². The van der Waals surface area contributed by atoms with Crippen LogP contribution in [0.5, 0.6) is 0 Å². The number of rotatable bonds is 9. The quantitative estimate of drug-likeness (QED) is 0.347. The van der Waals surface area contributed by atoms with E-state index < -0.39 is 0 Å². The second kappa shape index (κ2) is 10.2. The van der Waals surface area contributed by atoms with Gasteiger partial charge in [0.1, 0.15) is 0 Å². The fourth-order valence-corrected chi connectivity index (χ4v) is 1.85. The lowest BCUT2D eigenvalue weighted by Gasteiger charge is -2.13. The van der Waals surface area contributed by atoms with Crippen molar-refractivity contribution in [2.75, 3.05) is 11.0 Å². The first-order valence-corrected chi connectivity index (χ1v) is 8.19. The number of esters is 1. The summed E-state index contributed by atoms with van der Waals surface area (Å²) >= 11 is 2.32. The monoisotopic (exact) mass is 354 g/mol. The van der Waals surface area contributed by atoms with E-state index in [9.17, 15) is 4.79 Å². The van der Waals surface area contributed by atoms with Gasteiger partial charge in [-0.3, -0.25) is 4.79 Å². The Morgan fingerprint density at radius 3 is 2.29 bits per heavy atom. The smallest absolute Gasteiger partial charge is 0.306 e. The summed E-state index contributed by atoms with van der Waals surface area (Å²) in [7, 11) is 0. The normalized spacial score (nSPS) is 14.7. The molecule has 2 nitrogen and oxygen atoms in total. The third-order valence-electron chi connectivity index (χ3n) is 2.79. The predicted octanol–water partition coefficient (Wildman–Crippen LogP) is 4.45. The highest BCUT2D eigenvalue weighted by Gasteiger charge is 2.11. The van der Waals surface area contributed by atoms with Crippen LogP contribution >= 0.6 is 22.6 Å². The van der Waals surface area contributed by atoms with E-state index in [2.05, 4.69) is 50.3 Å². The molecule has 0 saturated heterocycles. The summed E-state index contributed by atoms with van der Waals surface area (Å²) in [6, 6.07) is 0. The van der Waals surface area contributed by atoms with Gasteiger partial charge in [-0.1, -0.05) is 69.5 Å². The lowest BCUT2D eigenvalue weighted by Crippen LogP contribution is -2.15. The highest BCUT2D eigenvalue weighted by atomic mass is 127. The van der Waals surface area contributed by atoms with Crippen LogP contribution in [0, 0.1) is 17.8 Å². The van der Waals surface area contributed by atoms with Crippen LogP contribution in [0.2, 0.25) is 0 Å². The summed E-state index contributed by atoms with van der Waals surface area (Å²) in [5, 5.41) is 0. The van der Waals surface area contributed by atoms with Crippen LogP contribution < -0.4 is 0 Å². The number of halogens is 1. The van der Waals surface area contributed by atoms with Crippen molar-refractivity contribution in [1.29, 1.82) is 0 Å². The summed E-state index contributed by atoms with van der Waals surface area (Å²) in [6.45, 7) is 9.30. The van der Waals surface area contributed by atoms with E-state index in [0.29, 0.717) is 24.9 Å². The van der Waals surface area contributed by atoms with Gasteiger partial charge < -0.3 is 4.74 Å². The number of carbonyl (C=O) groups is 1. The molecule has 0 bridgehead atoms. The van der Waals surface area contributed by atoms with Gasteiger partial charge in [-0.05, 0) is 17.8 Å². The number of ether oxygens (including phenoxy) is 1. The zero-order valence-corrected chi connectivity index (χ0v) is 13.8. The van der Waals surface area contributed by atoms with Crippen LogP contribution in [0.1, 0.15) is 53.4 Å². The largest absolute Gasteiger partial charge is 0.465 e. The van der Waals surface area contributed by atoms with Crippen LogP contribution in [0.3, 0.4) is 0 Å². The van der Waals surface area contributed by atoms with E-state index in [1.165, 1.54) is 12.8 Å². The van der Waals surface area contributed by atoms with E-state index in [4.69, 9.17) is 4.74 Å². The minimum absolute atomic E-state index is 0.0289. The molecule has 0 rings (SSSR count). The summed E-state index contributed by atoms with van der Waals surface area (Å²) < 4.78 is 6.29. The van der Waals surface area contributed by atoms with Gasteiger partial charge in [-0.25, -0.2) is 0 Å². The van der Waals surface area contributed by atoms with Crippen LogP contribution in [0.15, 0.2) is 0 Å². The predicted molar refractivity (Wildman–Crippen MR) is 81.5 cm³/mol. The van der Waals surface area contributed by atoms with Crippen molar-refractivity contribution >= 4 is 28.6 Å². The van der Waals surface area contributed by atoms with Crippen LogP contribution in [0.4, 0.5) is 0 Å². The molecule has 0 radical (unpaired) electrons. The minimum Gasteiger partial charge on any atom is -0.465 e. The summed E-state index contributed by atoms with van der Waals surface area (Å²) in [4.78, 5) is 11.5. The summed E-state index contributed by atoms with van der Waals surface area (Å²) in [5.41, 5.74) is 0. The maximum absolute atomic E-state index is 11.5. The van der Waals surface area contributed by atoms with Gasteiger partial charge in [0.25, 0.3) is 0 Å². The van der Waals surface area contributed by atoms with Crippen LogP contribution in [0.25, 0.3) is 0 Å². The lowest BCUT2D eigenvalue weighted by atomic mass is 9.97. The molecule has 2 atom stereocenters. The summed E-state index contributed by atoms with van der Waals surface area (Å²) in [5.74, 6) is 1.66. The molecular formula is C14H27IO2. The first-order chi connectivity index (χ1) is 7.95. The minimum atomic E-state index is -0.0289. The molecule has 17 heavy (non-hydrogen) atoms. The van der Waals surface area contributed by atoms with Crippen molar-refractivity contribution < 1.29 is 9.53 Å². The van der Waals surface area contributed by atoms with E-state index in [0.717, 1.165) is 16.8 Å². The molecule has 0 aromatic rings. The van der Waals surface area contributed by atoms with Gasteiger partial charge in [0.15, 0.2) is 0 Å². The Morgan fingerprint density at radius 1 is 1.12 bits per heavy atom. The molecule has 0 heterocycles. The topological polar surface area (TPSA) is 26.3 Å². The van der Waals surface area contributed by atoms with Gasteiger partial charge in [0, 0.05) is 10.8 Å². The van der Waals surface area contributed by atoms with Crippen molar-refractivity contribution in [2.24, 2.45) is 17.8 Å². The molecule has 0 aromatic heterocycles. The highest BCUT2D eigenvalue weighted by molar-refractivity contribution is 14.1. The molecule has 0 N–H and O–H groups in total.